The van der Waals surface area contributed by atoms with Crippen molar-refractivity contribution in [2.24, 2.45) is 0 Å². The minimum Gasteiger partial charge on any atom is -0.368 e. The van der Waals surface area contributed by atoms with Crippen LogP contribution in [0.3, 0.4) is 0 Å². The number of nitrogens with zero attached hydrogens (tertiary/aromatic N) is 1. The predicted molar refractivity (Wildman–Crippen MR) is 95.6 cm³/mol. The summed E-state index contributed by atoms with van der Waals surface area (Å²) in [5.74, 6) is -0.319. The Morgan fingerprint density at radius 1 is 1.38 bits per heavy atom. The van der Waals surface area contributed by atoms with E-state index in [0.717, 1.165) is 15.4 Å². The van der Waals surface area contributed by atoms with Gasteiger partial charge in [0.1, 0.15) is 6.10 Å². The van der Waals surface area contributed by atoms with E-state index in [-0.39, 0.29) is 10.8 Å². The highest BCUT2D eigenvalue weighted by atomic mass is 32.2. The van der Waals surface area contributed by atoms with E-state index >= 15 is 0 Å². The summed E-state index contributed by atoms with van der Waals surface area (Å²) in [7, 11) is -0.631. The van der Waals surface area contributed by atoms with Crippen molar-refractivity contribution in [3.63, 3.8) is 0 Å². The Morgan fingerprint density at radius 3 is 2.54 bits per heavy atom. The third-order valence-electron chi connectivity index (χ3n) is 3.74. The lowest BCUT2D eigenvalue weighted by Gasteiger charge is -2.18. The number of sulfonamides is 1. The molecular weight excluding hydrogens is 328 g/mol. The summed E-state index contributed by atoms with van der Waals surface area (Å²) in [5, 5.41) is 2.76. The number of aryl methyl sites for hydroxylation is 1. The fraction of sp³-hybridized carbons (Fsp3) is 0.471. The van der Waals surface area contributed by atoms with Gasteiger partial charge >= 0.3 is 0 Å². The fourth-order valence-corrected chi connectivity index (χ4v) is 2.97. The average molecular weight is 354 g/mol. The van der Waals surface area contributed by atoms with Gasteiger partial charge in [-0.05, 0) is 50.5 Å². The highest BCUT2D eigenvalue weighted by Crippen LogP contribution is 2.25. The molecule has 0 spiro atoms. The average Bonchev–Trinajstić information content (AvgIpc) is 2.51. The van der Waals surface area contributed by atoms with E-state index in [4.69, 9.17) is 4.74 Å². The van der Waals surface area contributed by atoms with Crippen LogP contribution in [0.2, 0.25) is 0 Å². The van der Waals surface area contributed by atoms with Crippen molar-refractivity contribution < 1.29 is 17.9 Å². The summed E-state index contributed by atoms with van der Waals surface area (Å²) in [6.07, 6.45) is 1.74. The molecule has 1 rings (SSSR count). The van der Waals surface area contributed by atoms with Gasteiger partial charge in [-0.2, -0.15) is 0 Å². The van der Waals surface area contributed by atoms with Gasteiger partial charge in [-0.15, -0.1) is 6.58 Å². The molecule has 7 heteroatoms. The molecule has 1 N–H and O–H groups in total. The number of anilines is 1. The number of carbonyl (C=O) groups excluding carboxylic acids is 1. The van der Waals surface area contributed by atoms with E-state index in [0.29, 0.717) is 18.7 Å². The number of ether oxygens (including phenoxy) is 1. The highest BCUT2D eigenvalue weighted by Gasteiger charge is 2.21. The maximum Gasteiger partial charge on any atom is 0.253 e. The minimum atomic E-state index is -3.57. The van der Waals surface area contributed by atoms with E-state index in [2.05, 4.69) is 11.9 Å². The van der Waals surface area contributed by atoms with Crippen molar-refractivity contribution >= 4 is 21.6 Å². The maximum absolute atomic E-state index is 12.3. The number of rotatable bonds is 8. The van der Waals surface area contributed by atoms with Gasteiger partial charge < -0.3 is 10.1 Å². The molecule has 24 heavy (non-hydrogen) atoms. The summed E-state index contributed by atoms with van der Waals surface area (Å²) in [5.41, 5.74) is 2.08. The molecule has 0 aliphatic rings. The molecule has 0 saturated heterocycles. The number of hydrogen-bond donors (Lipinski definition) is 1. The molecule has 1 atom stereocenters. The van der Waals surface area contributed by atoms with E-state index in [1.165, 1.54) is 20.2 Å². The van der Waals surface area contributed by atoms with Crippen LogP contribution in [0, 0.1) is 13.8 Å². The Bertz CT molecular complexity index is 712. The van der Waals surface area contributed by atoms with Crippen LogP contribution in [-0.4, -0.2) is 45.4 Å². The van der Waals surface area contributed by atoms with Crippen molar-refractivity contribution in [3.05, 3.63) is 35.9 Å². The van der Waals surface area contributed by atoms with Crippen LogP contribution in [0.15, 0.2) is 29.7 Å². The lowest BCUT2D eigenvalue weighted by Crippen LogP contribution is -2.29. The van der Waals surface area contributed by atoms with Crippen LogP contribution < -0.4 is 5.32 Å². The van der Waals surface area contributed by atoms with Crippen molar-refractivity contribution in [2.45, 2.75) is 38.2 Å². The first-order valence-corrected chi connectivity index (χ1v) is 9.12. The second-order valence-electron chi connectivity index (χ2n) is 5.78. The predicted octanol–water partition coefficient (Wildman–Crippen LogP) is 2.47. The van der Waals surface area contributed by atoms with Crippen molar-refractivity contribution in [2.75, 3.05) is 26.0 Å². The molecule has 0 bridgehead atoms. The molecule has 1 aromatic carbocycles. The molecule has 1 aromatic rings. The first-order valence-electron chi connectivity index (χ1n) is 7.68. The second-order valence-corrected chi connectivity index (χ2v) is 7.93. The molecule has 0 saturated carbocycles. The SMILES string of the molecule is C=CCCOC(C)C(=O)Nc1cc(S(=O)(=O)N(C)C)cc(C)c1C. The summed E-state index contributed by atoms with van der Waals surface area (Å²) in [6.45, 7) is 9.30. The van der Waals surface area contributed by atoms with Crippen LogP contribution in [0.4, 0.5) is 5.69 Å². The van der Waals surface area contributed by atoms with Crippen molar-refractivity contribution in [1.29, 1.82) is 0 Å². The van der Waals surface area contributed by atoms with E-state index < -0.39 is 16.1 Å². The molecule has 0 radical (unpaired) electrons. The molecule has 0 aromatic heterocycles. The molecule has 1 unspecified atom stereocenters. The molecule has 0 fully saturated rings. The number of hydrogen-bond acceptors (Lipinski definition) is 4. The number of amides is 1. The number of nitrogens with one attached hydrogen (secondary N) is 1. The van der Waals surface area contributed by atoms with Crippen LogP contribution in [0.25, 0.3) is 0 Å². The molecule has 0 aliphatic carbocycles. The van der Waals surface area contributed by atoms with Crippen LogP contribution in [0.5, 0.6) is 0 Å². The Morgan fingerprint density at radius 2 is 2.00 bits per heavy atom. The van der Waals surface area contributed by atoms with E-state index in [1.54, 1.807) is 19.1 Å². The van der Waals surface area contributed by atoms with Crippen molar-refractivity contribution in [1.82, 2.24) is 4.31 Å². The van der Waals surface area contributed by atoms with Crippen LogP contribution in [-0.2, 0) is 19.6 Å². The minimum absolute atomic E-state index is 0.145. The lowest BCUT2D eigenvalue weighted by molar-refractivity contribution is -0.126. The zero-order valence-corrected chi connectivity index (χ0v) is 15.7. The number of carbonyl (C=O) groups is 1. The molecule has 6 nitrogen and oxygen atoms in total. The molecule has 0 aliphatic heterocycles. The zero-order chi connectivity index (χ0) is 18.5. The van der Waals surface area contributed by atoms with Crippen LogP contribution >= 0.6 is 0 Å². The smallest absolute Gasteiger partial charge is 0.253 e. The van der Waals surface area contributed by atoms with Gasteiger partial charge in [0, 0.05) is 19.8 Å². The fourth-order valence-electron chi connectivity index (χ4n) is 1.95. The Hall–Kier alpha value is -1.70. The van der Waals surface area contributed by atoms with Gasteiger partial charge in [0.2, 0.25) is 10.0 Å². The third kappa shape index (κ3) is 4.90. The lowest BCUT2D eigenvalue weighted by atomic mass is 10.1. The summed E-state index contributed by atoms with van der Waals surface area (Å²) in [6, 6.07) is 3.08. The zero-order valence-electron chi connectivity index (χ0n) is 14.9. The van der Waals surface area contributed by atoms with Gasteiger partial charge in [0.25, 0.3) is 5.91 Å². The largest absolute Gasteiger partial charge is 0.368 e. The second kappa shape index (κ2) is 8.41. The van der Waals surface area contributed by atoms with Crippen molar-refractivity contribution in [3.8, 4) is 0 Å². The Labute approximate surface area is 144 Å². The molecule has 134 valence electrons. The van der Waals surface area contributed by atoms with Gasteiger partial charge in [-0.1, -0.05) is 6.08 Å². The normalized spacial score (nSPS) is 12.9. The summed E-state index contributed by atoms with van der Waals surface area (Å²) in [4.78, 5) is 12.4. The highest BCUT2D eigenvalue weighted by molar-refractivity contribution is 7.89. The van der Waals surface area contributed by atoms with E-state index in [1.807, 2.05) is 13.8 Å². The first-order chi connectivity index (χ1) is 11.1. The quantitative estimate of drug-likeness (QED) is 0.575. The van der Waals surface area contributed by atoms with Gasteiger partial charge in [-0.3, -0.25) is 4.79 Å². The standard InChI is InChI=1S/C17H26N2O4S/c1-7-8-9-23-14(4)17(20)18-16-11-15(10-12(2)13(16)3)24(21,22)19(5)6/h7,10-11,14H,1,8-9H2,2-6H3,(H,18,20). The van der Waals surface area contributed by atoms with E-state index in [9.17, 15) is 13.2 Å². The summed E-state index contributed by atoms with van der Waals surface area (Å²) < 4.78 is 31.2. The monoisotopic (exact) mass is 354 g/mol. The molecular formula is C17H26N2O4S. The first kappa shape index (κ1) is 20.3. The Kier molecular flexibility index (Phi) is 7.13. The van der Waals surface area contributed by atoms with Crippen LogP contribution in [0.1, 0.15) is 24.5 Å². The molecule has 1 amide bonds. The third-order valence-corrected chi connectivity index (χ3v) is 5.53. The van der Waals surface area contributed by atoms with Gasteiger partial charge in [0.05, 0.1) is 11.5 Å². The Balaban J connectivity index is 3.05. The molecule has 0 heterocycles. The maximum atomic E-state index is 12.3. The van der Waals surface area contributed by atoms with Gasteiger partial charge in [-0.25, -0.2) is 12.7 Å². The topological polar surface area (TPSA) is 75.7 Å². The summed E-state index contributed by atoms with van der Waals surface area (Å²) >= 11 is 0. The van der Waals surface area contributed by atoms with Gasteiger partial charge in [0.15, 0.2) is 0 Å². The number of benzene rings is 1.